The molecule has 3 aromatic rings. The summed E-state index contributed by atoms with van der Waals surface area (Å²) in [5.74, 6) is 2.31. The maximum atomic E-state index is 8.91. The van der Waals surface area contributed by atoms with E-state index in [-0.39, 0.29) is 0 Å². The third-order valence-corrected chi connectivity index (χ3v) is 4.34. The van der Waals surface area contributed by atoms with E-state index in [0.29, 0.717) is 24.5 Å². The first kappa shape index (κ1) is 20.2. The second-order valence-electron chi connectivity index (χ2n) is 6.54. The lowest BCUT2D eigenvalue weighted by Gasteiger charge is -2.13. The molecule has 29 heavy (non-hydrogen) atoms. The van der Waals surface area contributed by atoms with Crippen molar-refractivity contribution in [2.45, 2.75) is 13.0 Å². The summed E-state index contributed by atoms with van der Waals surface area (Å²) in [6.45, 7) is 2.33. The molecule has 2 N–H and O–H groups in total. The molecule has 148 valence electrons. The van der Waals surface area contributed by atoms with Crippen LogP contribution in [0.3, 0.4) is 0 Å². The Balaban J connectivity index is 1.57. The maximum Gasteiger partial charge on any atom is 0.150 e. The normalized spacial score (nSPS) is 10.2. The number of rotatable bonds is 10. The van der Waals surface area contributed by atoms with E-state index in [4.69, 9.17) is 14.7 Å². The van der Waals surface area contributed by atoms with E-state index in [1.807, 2.05) is 43.4 Å². The molecule has 0 unspecified atom stereocenters. The molecule has 0 fully saturated rings. The Morgan fingerprint density at radius 3 is 2.34 bits per heavy atom. The quantitative estimate of drug-likeness (QED) is 0.482. The number of anilines is 1. The summed E-state index contributed by atoms with van der Waals surface area (Å²) >= 11 is 0. The van der Waals surface area contributed by atoms with E-state index >= 15 is 0 Å². The third-order valence-electron chi connectivity index (χ3n) is 4.34. The van der Waals surface area contributed by atoms with Crippen LogP contribution in [-0.2, 0) is 6.54 Å². The first-order valence-corrected chi connectivity index (χ1v) is 9.66. The van der Waals surface area contributed by atoms with Crippen LogP contribution in [0.5, 0.6) is 17.2 Å². The lowest BCUT2D eigenvalue weighted by Crippen LogP contribution is -2.11. The molecule has 0 atom stereocenters. The van der Waals surface area contributed by atoms with Gasteiger partial charge in [0.25, 0.3) is 0 Å². The smallest absolute Gasteiger partial charge is 0.150 e. The van der Waals surface area contributed by atoms with Crippen LogP contribution in [0.25, 0.3) is 0 Å². The van der Waals surface area contributed by atoms with Gasteiger partial charge in [-0.15, -0.1) is 0 Å². The van der Waals surface area contributed by atoms with Gasteiger partial charge < -0.3 is 20.1 Å². The van der Waals surface area contributed by atoms with Gasteiger partial charge in [-0.1, -0.05) is 24.3 Å². The van der Waals surface area contributed by atoms with Crippen molar-refractivity contribution in [3.63, 3.8) is 0 Å². The number of hydrogen-bond donors (Lipinski definition) is 2. The van der Waals surface area contributed by atoms with Gasteiger partial charge in [0, 0.05) is 6.54 Å². The van der Waals surface area contributed by atoms with Crippen molar-refractivity contribution < 1.29 is 9.47 Å². The fourth-order valence-electron chi connectivity index (χ4n) is 2.77. The molecule has 0 amide bonds. The standard InChI is InChI=1S/C24H25N3O2/c1-26-15-4-16-28-21-11-9-20(10-12-21)18-27-23-5-2-3-6-24(23)29-22-13-7-19(17-25)8-14-22/h2-3,5-14,26-27H,4,15-16,18H2,1H3. The van der Waals surface area contributed by atoms with E-state index in [9.17, 15) is 0 Å². The predicted octanol–water partition coefficient (Wildman–Crippen LogP) is 4.95. The highest BCUT2D eigenvalue weighted by Gasteiger charge is 2.05. The van der Waals surface area contributed by atoms with Crippen molar-refractivity contribution in [3.05, 3.63) is 83.9 Å². The summed E-state index contributed by atoms with van der Waals surface area (Å²) in [6, 6.07) is 25.1. The molecule has 0 aliphatic heterocycles. The van der Waals surface area contributed by atoms with Gasteiger partial charge in [0.2, 0.25) is 0 Å². The van der Waals surface area contributed by atoms with Gasteiger partial charge in [0.15, 0.2) is 5.75 Å². The van der Waals surface area contributed by atoms with Gasteiger partial charge in [-0.2, -0.15) is 5.26 Å². The number of hydrogen-bond acceptors (Lipinski definition) is 5. The lowest BCUT2D eigenvalue weighted by molar-refractivity contribution is 0.310. The minimum absolute atomic E-state index is 0.609. The predicted molar refractivity (Wildman–Crippen MR) is 115 cm³/mol. The Morgan fingerprint density at radius 1 is 0.897 bits per heavy atom. The van der Waals surface area contributed by atoms with Gasteiger partial charge in [0.1, 0.15) is 11.5 Å². The largest absolute Gasteiger partial charge is 0.494 e. The average molecular weight is 387 g/mol. The number of nitriles is 1. The zero-order chi connectivity index (χ0) is 20.3. The molecule has 5 nitrogen and oxygen atoms in total. The lowest BCUT2D eigenvalue weighted by atomic mass is 10.2. The molecule has 0 aromatic heterocycles. The van der Waals surface area contributed by atoms with Crippen molar-refractivity contribution in [2.24, 2.45) is 0 Å². The van der Waals surface area contributed by atoms with Gasteiger partial charge in [-0.3, -0.25) is 0 Å². The monoisotopic (exact) mass is 387 g/mol. The number of nitrogens with one attached hydrogen (secondary N) is 2. The highest BCUT2D eigenvalue weighted by Crippen LogP contribution is 2.29. The number of nitrogens with zero attached hydrogens (tertiary/aromatic N) is 1. The van der Waals surface area contributed by atoms with E-state index in [2.05, 4.69) is 28.8 Å². The zero-order valence-corrected chi connectivity index (χ0v) is 16.5. The maximum absolute atomic E-state index is 8.91. The van der Waals surface area contributed by atoms with Crippen molar-refractivity contribution in [3.8, 4) is 23.3 Å². The van der Waals surface area contributed by atoms with E-state index < -0.39 is 0 Å². The summed E-state index contributed by atoms with van der Waals surface area (Å²) in [5.41, 5.74) is 2.67. The van der Waals surface area contributed by atoms with Crippen molar-refractivity contribution in [1.29, 1.82) is 5.26 Å². The molecular formula is C24H25N3O2. The Bertz CT molecular complexity index is 932. The first-order valence-electron chi connectivity index (χ1n) is 9.66. The van der Waals surface area contributed by atoms with Crippen LogP contribution in [-0.4, -0.2) is 20.2 Å². The first-order chi connectivity index (χ1) is 14.3. The highest BCUT2D eigenvalue weighted by molar-refractivity contribution is 5.57. The van der Waals surface area contributed by atoms with Crippen LogP contribution in [0.1, 0.15) is 17.5 Å². The van der Waals surface area contributed by atoms with Gasteiger partial charge >= 0.3 is 0 Å². The molecule has 0 aliphatic rings. The number of benzene rings is 3. The van der Waals surface area contributed by atoms with E-state index in [1.165, 1.54) is 0 Å². The van der Waals surface area contributed by atoms with Crippen LogP contribution < -0.4 is 20.1 Å². The summed E-state index contributed by atoms with van der Waals surface area (Å²) in [5, 5.41) is 15.4. The minimum Gasteiger partial charge on any atom is -0.494 e. The summed E-state index contributed by atoms with van der Waals surface area (Å²) in [7, 11) is 1.94. The van der Waals surface area contributed by atoms with Crippen LogP contribution in [0.15, 0.2) is 72.8 Å². The Hall–Kier alpha value is -3.49. The topological polar surface area (TPSA) is 66.3 Å². The fraction of sp³-hybridized carbons (Fsp3) is 0.208. The Labute approximate surface area is 171 Å². The molecule has 0 spiro atoms. The molecule has 3 rings (SSSR count). The molecule has 5 heteroatoms. The highest BCUT2D eigenvalue weighted by atomic mass is 16.5. The summed E-state index contributed by atoms with van der Waals surface area (Å²) in [4.78, 5) is 0. The molecule has 0 heterocycles. The van der Waals surface area contributed by atoms with Gasteiger partial charge in [-0.25, -0.2) is 0 Å². The zero-order valence-electron chi connectivity index (χ0n) is 16.5. The molecule has 0 saturated heterocycles. The van der Waals surface area contributed by atoms with Crippen LogP contribution >= 0.6 is 0 Å². The molecule has 3 aromatic carbocycles. The Morgan fingerprint density at radius 2 is 1.62 bits per heavy atom. The molecule has 0 radical (unpaired) electrons. The van der Waals surface area contributed by atoms with Crippen LogP contribution in [0.4, 0.5) is 5.69 Å². The molecule has 0 aliphatic carbocycles. The van der Waals surface area contributed by atoms with E-state index in [1.54, 1.807) is 24.3 Å². The summed E-state index contributed by atoms with van der Waals surface area (Å²) < 4.78 is 11.7. The second kappa shape index (κ2) is 10.7. The van der Waals surface area contributed by atoms with Gasteiger partial charge in [0.05, 0.1) is 23.9 Å². The van der Waals surface area contributed by atoms with E-state index in [0.717, 1.165) is 35.7 Å². The van der Waals surface area contributed by atoms with Crippen LogP contribution in [0, 0.1) is 11.3 Å². The molecular weight excluding hydrogens is 362 g/mol. The Kier molecular flexibility index (Phi) is 7.50. The average Bonchev–Trinajstić information content (AvgIpc) is 2.77. The van der Waals surface area contributed by atoms with Crippen molar-refractivity contribution >= 4 is 5.69 Å². The SMILES string of the molecule is CNCCCOc1ccc(CNc2ccccc2Oc2ccc(C#N)cc2)cc1. The van der Waals surface area contributed by atoms with Gasteiger partial charge in [-0.05, 0) is 74.1 Å². The van der Waals surface area contributed by atoms with Crippen molar-refractivity contribution in [2.75, 3.05) is 25.5 Å². The molecule has 0 saturated carbocycles. The number of para-hydroxylation sites is 2. The number of ether oxygens (including phenoxy) is 2. The summed E-state index contributed by atoms with van der Waals surface area (Å²) in [6.07, 6.45) is 0.982. The molecule has 0 bridgehead atoms. The third kappa shape index (κ3) is 6.27. The minimum atomic E-state index is 0.609. The van der Waals surface area contributed by atoms with Crippen molar-refractivity contribution in [1.82, 2.24) is 5.32 Å². The van der Waals surface area contributed by atoms with Crippen LogP contribution in [0.2, 0.25) is 0 Å². The second-order valence-corrected chi connectivity index (χ2v) is 6.54. The fourth-order valence-corrected chi connectivity index (χ4v) is 2.77.